The Hall–Kier alpha value is -0.960. The standard InChI is InChI=1S/C14H23N3/c1-10(2)12-8-11(3)16-13(17-12)14(9-15-4)6-5-7-14/h8,10,15H,5-7,9H2,1-4H3. The molecule has 94 valence electrons. The first-order valence-electron chi connectivity index (χ1n) is 6.58. The minimum Gasteiger partial charge on any atom is -0.319 e. The van der Waals surface area contributed by atoms with E-state index in [0.717, 1.165) is 18.1 Å². The van der Waals surface area contributed by atoms with Gasteiger partial charge in [0.1, 0.15) is 5.82 Å². The fourth-order valence-corrected chi connectivity index (χ4v) is 2.55. The second kappa shape index (κ2) is 4.73. The average molecular weight is 233 g/mol. The highest BCUT2D eigenvalue weighted by Crippen LogP contribution is 2.41. The molecule has 3 heteroatoms. The smallest absolute Gasteiger partial charge is 0.136 e. The van der Waals surface area contributed by atoms with Gasteiger partial charge in [0.15, 0.2) is 0 Å². The Bertz CT molecular complexity index is 394. The molecule has 0 aliphatic heterocycles. The highest BCUT2D eigenvalue weighted by molar-refractivity contribution is 5.21. The molecule has 1 heterocycles. The van der Waals surface area contributed by atoms with Gasteiger partial charge in [-0.1, -0.05) is 20.3 Å². The molecule has 1 aromatic rings. The van der Waals surface area contributed by atoms with Gasteiger partial charge in [-0.2, -0.15) is 0 Å². The van der Waals surface area contributed by atoms with Gasteiger partial charge in [-0.15, -0.1) is 0 Å². The minimum atomic E-state index is 0.199. The van der Waals surface area contributed by atoms with Crippen LogP contribution < -0.4 is 5.32 Å². The lowest BCUT2D eigenvalue weighted by Crippen LogP contribution is -2.44. The molecule has 0 amide bonds. The Balaban J connectivity index is 2.37. The summed E-state index contributed by atoms with van der Waals surface area (Å²) in [5.41, 5.74) is 2.47. The van der Waals surface area contributed by atoms with Gasteiger partial charge < -0.3 is 5.32 Å². The third-order valence-corrected chi connectivity index (χ3v) is 3.77. The van der Waals surface area contributed by atoms with Crippen LogP contribution in [-0.2, 0) is 5.41 Å². The van der Waals surface area contributed by atoms with Crippen LogP contribution in [0.4, 0.5) is 0 Å². The molecule has 1 N–H and O–H groups in total. The molecule has 0 atom stereocenters. The largest absolute Gasteiger partial charge is 0.319 e. The molecule has 2 rings (SSSR count). The first-order valence-corrected chi connectivity index (χ1v) is 6.58. The Morgan fingerprint density at radius 2 is 2.06 bits per heavy atom. The van der Waals surface area contributed by atoms with E-state index in [0.29, 0.717) is 5.92 Å². The van der Waals surface area contributed by atoms with Crippen LogP contribution in [0.25, 0.3) is 0 Å². The topological polar surface area (TPSA) is 37.8 Å². The summed E-state index contributed by atoms with van der Waals surface area (Å²) in [6, 6.07) is 2.11. The monoisotopic (exact) mass is 233 g/mol. The number of rotatable bonds is 4. The fourth-order valence-electron chi connectivity index (χ4n) is 2.55. The van der Waals surface area contributed by atoms with Crippen molar-refractivity contribution < 1.29 is 0 Å². The summed E-state index contributed by atoms with van der Waals surface area (Å²) in [6.07, 6.45) is 3.74. The third-order valence-electron chi connectivity index (χ3n) is 3.77. The van der Waals surface area contributed by atoms with Crippen LogP contribution in [-0.4, -0.2) is 23.6 Å². The Morgan fingerprint density at radius 1 is 1.35 bits per heavy atom. The summed E-state index contributed by atoms with van der Waals surface area (Å²) in [5, 5.41) is 3.30. The normalized spacial score (nSPS) is 18.2. The Kier molecular flexibility index (Phi) is 3.48. The first-order chi connectivity index (χ1) is 8.07. The minimum absolute atomic E-state index is 0.199. The lowest BCUT2D eigenvalue weighted by atomic mass is 9.68. The van der Waals surface area contributed by atoms with E-state index in [1.165, 1.54) is 25.0 Å². The van der Waals surface area contributed by atoms with Gasteiger partial charge in [-0.05, 0) is 38.8 Å². The zero-order valence-corrected chi connectivity index (χ0v) is 11.4. The predicted molar refractivity (Wildman–Crippen MR) is 70.3 cm³/mol. The van der Waals surface area contributed by atoms with Gasteiger partial charge in [-0.25, -0.2) is 9.97 Å². The van der Waals surface area contributed by atoms with Crippen molar-refractivity contribution in [3.63, 3.8) is 0 Å². The third kappa shape index (κ3) is 2.34. The number of aryl methyl sites for hydroxylation is 1. The molecule has 1 saturated carbocycles. The molecule has 0 radical (unpaired) electrons. The molecule has 0 unspecified atom stereocenters. The zero-order chi connectivity index (χ0) is 12.5. The van der Waals surface area contributed by atoms with Gasteiger partial charge in [0.25, 0.3) is 0 Å². The van der Waals surface area contributed by atoms with Crippen molar-refractivity contribution in [2.75, 3.05) is 13.6 Å². The lowest BCUT2D eigenvalue weighted by molar-refractivity contribution is 0.223. The van der Waals surface area contributed by atoms with Crippen LogP contribution >= 0.6 is 0 Å². The van der Waals surface area contributed by atoms with E-state index in [1.807, 2.05) is 7.05 Å². The van der Waals surface area contributed by atoms with Crippen molar-refractivity contribution in [1.29, 1.82) is 0 Å². The maximum Gasteiger partial charge on any atom is 0.136 e. The molecule has 17 heavy (non-hydrogen) atoms. The molecule has 3 nitrogen and oxygen atoms in total. The fraction of sp³-hybridized carbons (Fsp3) is 0.714. The maximum absolute atomic E-state index is 4.79. The van der Waals surface area contributed by atoms with Gasteiger partial charge >= 0.3 is 0 Å². The molecule has 1 aliphatic rings. The SMILES string of the molecule is CNCC1(c2nc(C)cc(C(C)C)n2)CCC1. The van der Waals surface area contributed by atoms with Crippen LogP contribution in [0.15, 0.2) is 6.07 Å². The van der Waals surface area contributed by atoms with Gasteiger partial charge in [-0.3, -0.25) is 0 Å². The van der Waals surface area contributed by atoms with Crippen molar-refractivity contribution in [3.05, 3.63) is 23.3 Å². The van der Waals surface area contributed by atoms with E-state index >= 15 is 0 Å². The van der Waals surface area contributed by atoms with E-state index in [1.54, 1.807) is 0 Å². The van der Waals surface area contributed by atoms with E-state index in [-0.39, 0.29) is 5.41 Å². The molecular formula is C14H23N3. The number of hydrogen-bond donors (Lipinski definition) is 1. The van der Waals surface area contributed by atoms with Gasteiger partial charge in [0, 0.05) is 23.3 Å². The number of nitrogens with one attached hydrogen (secondary N) is 1. The second-order valence-electron chi connectivity index (χ2n) is 5.58. The molecule has 0 saturated heterocycles. The Morgan fingerprint density at radius 3 is 2.53 bits per heavy atom. The van der Waals surface area contributed by atoms with Gasteiger partial charge in [0.2, 0.25) is 0 Å². The summed E-state index contributed by atoms with van der Waals surface area (Å²) < 4.78 is 0. The van der Waals surface area contributed by atoms with Crippen molar-refractivity contribution in [2.45, 2.75) is 51.4 Å². The quantitative estimate of drug-likeness (QED) is 0.868. The van der Waals surface area contributed by atoms with E-state index in [4.69, 9.17) is 4.98 Å². The second-order valence-corrected chi connectivity index (χ2v) is 5.58. The predicted octanol–water partition coefficient (Wildman–Crippen LogP) is 2.55. The van der Waals surface area contributed by atoms with E-state index < -0.39 is 0 Å². The maximum atomic E-state index is 4.79. The van der Waals surface area contributed by atoms with Crippen molar-refractivity contribution in [3.8, 4) is 0 Å². The van der Waals surface area contributed by atoms with Crippen molar-refractivity contribution >= 4 is 0 Å². The van der Waals surface area contributed by atoms with Crippen LogP contribution in [0, 0.1) is 6.92 Å². The Labute approximate surface area is 104 Å². The van der Waals surface area contributed by atoms with Crippen molar-refractivity contribution in [2.24, 2.45) is 0 Å². The summed E-state index contributed by atoms with van der Waals surface area (Å²) in [6.45, 7) is 7.45. The van der Waals surface area contributed by atoms with Crippen LogP contribution in [0.3, 0.4) is 0 Å². The summed E-state index contributed by atoms with van der Waals surface area (Å²) >= 11 is 0. The molecule has 1 fully saturated rings. The summed E-state index contributed by atoms with van der Waals surface area (Å²) in [7, 11) is 2.01. The average Bonchev–Trinajstić information content (AvgIpc) is 2.22. The highest BCUT2D eigenvalue weighted by atomic mass is 15.0. The molecule has 0 bridgehead atoms. The van der Waals surface area contributed by atoms with Gasteiger partial charge in [0.05, 0.1) is 0 Å². The molecule has 0 spiro atoms. The number of hydrogen-bond acceptors (Lipinski definition) is 3. The summed E-state index contributed by atoms with van der Waals surface area (Å²) in [4.78, 5) is 9.47. The molecular weight excluding hydrogens is 210 g/mol. The van der Waals surface area contributed by atoms with Crippen LogP contribution in [0.5, 0.6) is 0 Å². The van der Waals surface area contributed by atoms with Crippen LogP contribution in [0.2, 0.25) is 0 Å². The van der Waals surface area contributed by atoms with Crippen molar-refractivity contribution in [1.82, 2.24) is 15.3 Å². The van der Waals surface area contributed by atoms with Crippen LogP contribution in [0.1, 0.15) is 56.2 Å². The van der Waals surface area contributed by atoms with E-state index in [9.17, 15) is 0 Å². The molecule has 0 aromatic carbocycles. The molecule has 1 aliphatic carbocycles. The van der Waals surface area contributed by atoms with E-state index in [2.05, 4.69) is 37.1 Å². The highest BCUT2D eigenvalue weighted by Gasteiger charge is 2.41. The first kappa shape index (κ1) is 12.5. The number of nitrogens with zero attached hydrogens (tertiary/aromatic N) is 2. The molecule has 1 aromatic heterocycles. The number of aromatic nitrogens is 2. The zero-order valence-electron chi connectivity index (χ0n) is 11.4. The summed E-state index contributed by atoms with van der Waals surface area (Å²) in [5.74, 6) is 1.53. The number of likely N-dealkylation sites (N-methyl/N-ethyl adjacent to an activating group) is 1. The lowest BCUT2D eigenvalue weighted by Gasteiger charge is -2.40.